The molecule has 0 spiro atoms. The van der Waals surface area contributed by atoms with Gasteiger partial charge in [-0.05, 0) is 31.9 Å². The van der Waals surface area contributed by atoms with Gasteiger partial charge in [0.05, 0.1) is 17.1 Å². The fraction of sp³-hybridized carbons (Fsp3) is 0.357. The Bertz CT molecular complexity index is 526. The van der Waals surface area contributed by atoms with Crippen LogP contribution in [0.4, 0.5) is 5.69 Å². The Labute approximate surface area is 102 Å². The zero-order valence-corrected chi connectivity index (χ0v) is 10.9. The van der Waals surface area contributed by atoms with Crippen molar-refractivity contribution in [2.75, 3.05) is 5.32 Å². The van der Waals surface area contributed by atoms with Gasteiger partial charge in [-0.2, -0.15) is 5.10 Å². The molecule has 0 saturated carbocycles. The number of nitrogens with zero attached hydrogens (tertiary/aromatic N) is 2. The van der Waals surface area contributed by atoms with E-state index in [9.17, 15) is 0 Å². The molecule has 0 bridgehead atoms. The average Bonchev–Trinajstić information content (AvgIpc) is 2.53. The number of benzene rings is 1. The van der Waals surface area contributed by atoms with Crippen molar-refractivity contribution in [1.82, 2.24) is 9.78 Å². The first-order chi connectivity index (χ1) is 8.09. The standard InChI is InChI=1S/C14H19N3/c1-10-7-5-6-8-13(10)9-15-14-11(2)16-17(4)12(14)3/h5-8,15H,9H2,1-4H3. The predicted molar refractivity (Wildman–Crippen MR) is 71.2 cm³/mol. The highest BCUT2D eigenvalue weighted by molar-refractivity contribution is 5.52. The van der Waals surface area contributed by atoms with Gasteiger partial charge >= 0.3 is 0 Å². The summed E-state index contributed by atoms with van der Waals surface area (Å²) in [4.78, 5) is 0. The highest BCUT2D eigenvalue weighted by atomic mass is 15.3. The van der Waals surface area contributed by atoms with Crippen molar-refractivity contribution < 1.29 is 0 Å². The number of aromatic nitrogens is 2. The third-order valence-electron chi connectivity index (χ3n) is 3.23. The van der Waals surface area contributed by atoms with E-state index in [1.165, 1.54) is 16.8 Å². The van der Waals surface area contributed by atoms with Crippen LogP contribution in [-0.2, 0) is 13.6 Å². The molecular formula is C14H19N3. The van der Waals surface area contributed by atoms with E-state index in [1.807, 2.05) is 18.7 Å². The first kappa shape index (κ1) is 11.7. The largest absolute Gasteiger partial charge is 0.378 e. The van der Waals surface area contributed by atoms with Crippen molar-refractivity contribution >= 4 is 5.69 Å². The lowest BCUT2D eigenvalue weighted by Crippen LogP contribution is -2.03. The zero-order chi connectivity index (χ0) is 12.4. The Morgan fingerprint density at radius 3 is 2.47 bits per heavy atom. The van der Waals surface area contributed by atoms with Crippen LogP contribution in [0.2, 0.25) is 0 Å². The average molecular weight is 229 g/mol. The quantitative estimate of drug-likeness (QED) is 0.877. The van der Waals surface area contributed by atoms with Gasteiger partial charge in [0.2, 0.25) is 0 Å². The summed E-state index contributed by atoms with van der Waals surface area (Å²) in [6.07, 6.45) is 0. The zero-order valence-electron chi connectivity index (χ0n) is 10.9. The van der Waals surface area contributed by atoms with Crippen LogP contribution in [0.1, 0.15) is 22.5 Å². The minimum atomic E-state index is 0.847. The van der Waals surface area contributed by atoms with Crippen LogP contribution >= 0.6 is 0 Å². The highest BCUT2D eigenvalue weighted by Gasteiger charge is 2.08. The summed E-state index contributed by atoms with van der Waals surface area (Å²) in [7, 11) is 1.97. The van der Waals surface area contributed by atoms with Gasteiger partial charge in [0, 0.05) is 13.6 Å². The summed E-state index contributed by atoms with van der Waals surface area (Å²) in [6, 6.07) is 8.44. The topological polar surface area (TPSA) is 29.9 Å². The fourth-order valence-corrected chi connectivity index (χ4v) is 2.02. The third kappa shape index (κ3) is 2.33. The SMILES string of the molecule is Cc1ccccc1CNc1c(C)nn(C)c1C. The van der Waals surface area contributed by atoms with E-state index in [1.54, 1.807) is 0 Å². The number of aryl methyl sites for hydroxylation is 3. The smallest absolute Gasteiger partial charge is 0.0827 e. The van der Waals surface area contributed by atoms with Crippen molar-refractivity contribution in [3.63, 3.8) is 0 Å². The maximum absolute atomic E-state index is 4.40. The van der Waals surface area contributed by atoms with Crippen LogP contribution in [0.3, 0.4) is 0 Å². The first-order valence-corrected chi connectivity index (χ1v) is 5.88. The highest BCUT2D eigenvalue weighted by Crippen LogP contribution is 2.19. The molecule has 1 heterocycles. The molecule has 2 aromatic rings. The maximum Gasteiger partial charge on any atom is 0.0827 e. The van der Waals surface area contributed by atoms with Gasteiger partial charge in [-0.25, -0.2) is 0 Å². The lowest BCUT2D eigenvalue weighted by atomic mass is 10.1. The molecule has 3 heteroatoms. The predicted octanol–water partition coefficient (Wildman–Crippen LogP) is 2.96. The Hall–Kier alpha value is -1.77. The summed E-state index contributed by atoms with van der Waals surface area (Å²) in [5.41, 5.74) is 6.03. The van der Waals surface area contributed by atoms with E-state index in [0.717, 1.165) is 17.9 Å². The van der Waals surface area contributed by atoms with Crippen LogP contribution in [-0.4, -0.2) is 9.78 Å². The molecule has 1 aromatic heterocycles. The van der Waals surface area contributed by atoms with Crippen LogP contribution < -0.4 is 5.32 Å². The molecule has 1 aromatic carbocycles. The molecular weight excluding hydrogens is 210 g/mol. The Morgan fingerprint density at radius 1 is 1.18 bits per heavy atom. The normalized spacial score (nSPS) is 10.6. The van der Waals surface area contributed by atoms with E-state index >= 15 is 0 Å². The van der Waals surface area contributed by atoms with E-state index < -0.39 is 0 Å². The van der Waals surface area contributed by atoms with Crippen molar-refractivity contribution in [2.45, 2.75) is 27.3 Å². The second-order valence-corrected chi connectivity index (χ2v) is 4.45. The lowest BCUT2D eigenvalue weighted by Gasteiger charge is -2.09. The van der Waals surface area contributed by atoms with E-state index in [0.29, 0.717) is 0 Å². The molecule has 1 N–H and O–H groups in total. The Balaban J connectivity index is 2.15. The second-order valence-electron chi connectivity index (χ2n) is 4.45. The summed E-state index contributed by atoms with van der Waals surface area (Å²) in [6.45, 7) is 7.10. The van der Waals surface area contributed by atoms with Crippen molar-refractivity contribution in [3.05, 3.63) is 46.8 Å². The van der Waals surface area contributed by atoms with Gasteiger partial charge < -0.3 is 5.32 Å². The monoisotopic (exact) mass is 229 g/mol. The molecule has 0 amide bonds. The molecule has 0 aliphatic heterocycles. The first-order valence-electron chi connectivity index (χ1n) is 5.88. The molecule has 0 fully saturated rings. The van der Waals surface area contributed by atoms with Crippen LogP contribution in [0.25, 0.3) is 0 Å². The molecule has 0 atom stereocenters. The molecule has 2 rings (SSSR count). The van der Waals surface area contributed by atoms with E-state index in [2.05, 4.69) is 48.5 Å². The van der Waals surface area contributed by atoms with Crippen LogP contribution in [0, 0.1) is 20.8 Å². The van der Waals surface area contributed by atoms with Crippen molar-refractivity contribution in [1.29, 1.82) is 0 Å². The van der Waals surface area contributed by atoms with E-state index in [4.69, 9.17) is 0 Å². The van der Waals surface area contributed by atoms with Gasteiger partial charge in [-0.15, -0.1) is 0 Å². The number of anilines is 1. The van der Waals surface area contributed by atoms with Crippen LogP contribution in [0.5, 0.6) is 0 Å². The third-order valence-corrected chi connectivity index (χ3v) is 3.23. The molecule has 0 unspecified atom stereocenters. The minimum absolute atomic E-state index is 0.847. The van der Waals surface area contributed by atoms with E-state index in [-0.39, 0.29) is 0 Å². The van der Waals surface area contributed by atoms with Gasteiger partial charge in [0.1, 0.15) is 0 Å². The van der Waals surface area contributed by atoms with Crippen molar-refractivity contribution in [3.8, 4) is 0 Å². The lowest BCUT2D eigenvalue weighted by molar-refractivity contribution is 0.731. The second kappa shape index (κ2) is 4.62. The molecule has 90 valence electrons. The maximum atomic E-state index is 4.40. The molecule has 17 heavy (non-hydrogen) atoms. The molecule has 0 radical (unpaired) electrons. The van der Waals surface area contributed by atoms with Crippen molar-refractivity contribution in [2.24, 2.45) is 7.05 Å². The Kier molecular flexibility index (Phi) is 3.18. The van der Waals surface area contributed by atoms with Gasteiger partial charge in [-0.3, -0.25) is 4.68 Å². The number of hydrogen-bond acceptors (Lipinski definition) is 2. The number of hydrogen-bond donors (Lipinski definition) is 1. The summed E-state index contributed by atoms with van der Waals surface area (Å²) in [5.74, 6) is 0. The van der Waals surface area contributed by atoms with Gasteiger partial charge in [-0.1, -0.05) is 24.3 Å². The minimum Gasteiger partial charge on any atom is -0.378 e. The van der Waals surface area contributed by atoms with Gasteiger partial charge in [0.25, 0.3) is 0 Å². The summed E-state index contributed by atoms with van der Waals surface area (Å²) < 4.78 is 1.91. The number of rotatable bonds is 3. The Morgan fingerprint density at radius 2 is 1.88 bits per heavy atom. The molecule has 0 saturated heterocycles. The van der Waals surface area contributed by atoms with Crippen LogP contribution in [0.15, 0.2) is 24.3 Å². The molecule has 0 aliphatic carbocycles. The summed E-state index contributed by atoms with van der Waals surface area (Å²) in [5, 5.41) is 7.88. The summed E-state index contributed by atoms with van der Waals surface area (Å²) >= 11 is 0. The molecule has 3 nitrogen and oxygen atoms in total. The number of nitrogens with one attached hydrogen (secondary N) is 1. The molecule has 0 aliphatic rings. The fourth-order valence-electron chi connectivity index (χ4n) is 2.02. The van der Waals surface area contributed by atoms with Gasteiger partial charge in [0.15, 0.2) is 0 Å².